The molecule has 0 amide bonds. The molecule has 1 saturated heterocycles. The molecule has 19 heavy (non-hydrogen) atoms. The largest absolute Gasteiger partial charge is 0.394 e. The molecule has 4 N–H and O–H groups in total. The van der Waals surface area contributed by atoms with Gasteiger partial charge in [0.1, 0.15) is 21.9 Å². The van der Waals surface area contributed by atoms with Gasteiger partial charge in [0.15, 0.2) is 6.23 Å². The van der Waals surface area contributed by atoms with Crippen LogP contribution in [0.3, 0.4) is 0 Å². The van der Waals surface area contributed by atoms with Crippen LogP contribution in [0.1, 0.15) is 6.23 Å². The molecule has 1 fully saturated rings. The fraction of sp³-hybridized carbons (Fsp3) is 0.556. The van der Waals surface area contributed by atoms with Gasteiger partial charge in [0.05, 0.1) is 6.61 Å². The third-order valence-electron chi connectivity index (χ3n) is 2.80. The lowest BCUT2D eigenvalue weighted by atomic mass is 10.1. The van der Waals surface area contributed by atoms with Crippen molar-refractivity contribution in [1.29, 1.82) is 0 Å². The summed E-state index contributed by atoms with van der Waals surface area (Å²) >= 11 is 1.40. The average Bonchev–Trinajstić information content (AvgIpc) is 2.64. The van der Waals surface area contributed by atoms with Crippen molar-refractivity contribution in [3.8, 4) is 0 Å². The minimum absolute atomic E-state index is 0.380. The Kier molecular flexibility index (Phi) is 4.06. The first-order valence-corrected chi connectivity index (χ1v) is 6.28. The quantitative estimate of drug-likeness (QED) is 0.340. The molecule has 1 aromatic heterocycles. The lowest BCUT2D eigenvalue weighted by Crippen LogP contribution is -2.41. The summed E-state index contributed by atoms with van der Waals surface area (Å²) in [4.78, 5) is 24.6. The average molecular weight is 388 g/mol. The highest BCUT2D eigenvalue weighted by molar-refractivity contribution is 14.1. The maximum Gasteiger partial charge on any atom is 0.332 e. The number of ether oxygens (including phenoxy) is 1. The van der Waals surface area contributed by atoms with E-state index in [9.17, 15) is 24.2 Å². The number of nitrogens with one attached hydrogen (secondary N) is 1. The van der Waals surface area contributed by atoms with E-state index in [4.69, 9.17) is 9.84 Å². The molecule has 2 heterocycles. The van der Waals surface area contributed by atoms with Gasteiger partial charge < -0.3 is 20.1 Å². The van der Waals surface area contributed by atoms with Gasteiger partial charge >= 0.3 is 5.69 Å². The van der Waals surface area contributed by atoms with Gasteiger partial charge in [0.2, 0.25) is 5.95 Å². The van der Waals surface area contributed by atoms with E-state index in [-0.39, 0.29) is 3.57 Å². The Labute approximate surface area is 118 Å². The molecule has 1 aliphatic rings. The normalized spacial score (nSPS) is 30.8. The minimum atomic E-state index is -1.61. The Morgan fingerprint density at radius 1 is 1.37 bits per heavy atom. The van der Waals surface area contributed by atoms with Gasteiger partial charge in [-0.1, -0.05) is 0 Å². The van der Waals surface area contributed by atoms with Crippen molar-refractivity contribution in [3.63, 3.8) is 0 Å². The highest BCUT2D eigenvalue weighted by Gasteiger charge is 2.44. The van der Waals surface area contributed by atoms with E-state index in [2.05, 4.69) is 0 Å². The predicted octanol–water partition coefficient (Wildman–Crippen LogP) is -2.11. The van der Waals surface area contributed by atoms with Crippen molar-refractivity contribution in [2.45, 2.75) is 24.5 Å². The Bertz CT molecular complexity index is 601. The van der Waals surface area contributed by atoms with Gasteiger partial charge in [0, 0.05) is 0 Å². The number of aliphatic hydroxyl groups is 3. The van der Waals surface area contributed by atoms with E-state index < -0.39 is 48.3 Å². The molecule has 0 unspecified atom stereocenters. The van der Waals surface area contributed by atoms with Crippen LogP contribution in [0.25, 0.3) is 0 Å². The van der Waals surface area contributed by atoms with Crippen LogP contribution < -0.4 is 11.2 Å². The van der Waals surface area contributed by atoms with Gasteiger partial charge in [0.25, 0.3) is 5.56 Å². The molecule has 106 valence electrons. The predicted molar refractivity (Wildman–Crippen MR) is 67.0 cm³/mol. The summed E-state index contributed by atoms with van der Waals surface area (Å²) < 4.78 is 18.9. The van der Waals surface area contributed by atoms with Gasteiger partial charge in [-0.25, -0.2) is 9.36 Å². The molecule has 0 saturated carbocycles. The molecule has 0 bridgehead atoms. The molecule has 8 nitrogen and oxygen atoms in total. The van der Waals surface area contributed by atoms with Crippen LogP contribution in [0, 0.1) is 9.52 Å². The van der Waals surface area contributed by atoms with Crippen LogP contribution in [-0.2, 0) is 4.74 Å². The first-order chi connectivity index (χ1) is 8.88. The highest BCUT2D eigenvalue weighted by Crippen LogP contribution is 2.28. The minimum Gasteiger partial charge on any atom is -0.394 e. The van der Waals surface area contributed by atoms with E-state index in [1.54, 1.807) is 0 Å². The first kappa shape index (κ1) is 14.6. The van der Waals surface area contributed by atoms with E-state index in [1.165, 1.54) is 22.6 Å². The standard InChI is InChI=1S/C9H10FIN2O6/c10-6-3(11)7(17)12-9(18)13(6)8-5(16)4(15)2(1-14)19-8/h2,4-5,8,14-16H,1H2,(H,12,17,18)/t2-,4-,5+,8-/m1/s1. The maximum atomic E-state index is 13.9. The van der Waals surface area contributed by atoms with Crippen LogP contribution in [0.2, 0.25) is 0 Å². The Hall–Kier alpha value is -0.820. The zero-order chi connectivity index (χ0) is 14.3. The number of aromatic amines is 1. The number of nitrogens with zero attached hydrogens (tertiary/aromatic N) is 1. The molecular formula is C9H10FIN2O6. The zero-order valence-electron chi connectivity index (χ0n) is 9.29. The molecule has 0 radical (unpaired) electrons. The summed E-state index contributed by atoms with van der Waals surface area (Å²) in [7, 11) is 0. The smallest absolute Gasteiger partial charge is 0.332 e. The topological polar surface area (TPSA) is 125 Å². The molecule has 4 atom stereocenters. The van der Waals surface area contributed by atoms with Crippen molar-refractivity contribution in [2.75, 3.05) is 6.61 Å². The van der Waals surface area contributed by atoms with Crippen molar-refractivity contribution in [3.05, 3.63) is 30.4 Å². The number of aliphatic hydroxyl groups excluding tert-OH is 3. The number of hydrogen-bond acceptors (Lipinski definition) is 6. The summed E-state index contributed by atoms with van der Waals surface area (Å²) in [6.45, 7) is -0.606. The fourth-order valence-electron chi connectivity index (χ4n) is 1.82. The number of rotatable bonds is 2. The fourth-order valence-corrected chi connectivity index (χ4v) is 2.22. The third-order valence-corrected chi connectivity index (χ3v) is 3.74. The van der Waals surface area contributed by atoms with E-state index >= 15 is 0 Å². The van der Waals surface area contributed by atoms with Crippen LogP contribution in [0.15, 0.2) is 9.59 Å². The maximum absolute atomic E-state index is 13.9. The molecule has 0 spiro atoms. The Morgan fingerprint density at radius 3 is 2.53 bits per heavy atom. The van der Waals surface area contributed by atoms with Crippen molar-refractivity contribution in [1.82, 2.24) is 9.55 Å². The summed E-state index contributed by atoms with van der Waals surface area (Å²) in [6, 6.07) is 0. The second-order valence-corrected chi connectivity index (χ2v) is 5.04. The summed E-state index contributed by atoms with van der Waals surface area (Å²) in [6.07, 6.45) is -5.74. The third kappa shape index (κ3) is 2.33. The van der Waals surface area contributed by atoms with E-state index in [0.29, 0.717) is 4.57 Å². The van der Waals surface area contributed by atoms with Gasteiger partial charge in [-0.3, -0.25) is 9.78 Å². The molecule has 0 aromatic carbocycles. The van der Waals surface area contributed by atoms with Crippen LogP contribution >= 0.6 is 22.6 Å². The zero-order valence-corrected chi connectivity index (χ0v) is 11.4. The van der Waals surface area contributed by atoms with Crippen molar-refractivity contribution < 1.29 is 24.4 Å². The number of halogens is 2. The molecule has 0 aliphatic carbocycles. The lowest BCUT2D eigenvalue weighted by molar-refractivity contribution is -0.0602. The summed E-state index contributed by atoms with van der Waals surface area (Å²) in [5, 5.41) is 28.2. The number of hydrogen-bond donors (Lipinski definition) is 4. The van der Waals surface area contributed by atoms with Crippen LogP contribution in [0.5, 0.6) is 0 Å². The van der Waals surface area contributed by atoms with Gasteiger partial charge in [-0.2, -0.15) is 4.39 Å². The Morgan fingerprint density at radius 2 is 2.00 bits per heavy atom. The second kappa shape index (κ2) is 5.28. The Balaban J connectivity index is 2.52. The van der Waals surface area contributed by atoms with Crippen molar-refractivity contribution in [2.24, 2.45) is 0 Å². The monoisotopic (exact) mass is 388 g/mol. The molecule has 1 aliphatic heterocycles. The first-order valence-electron chi connectivity index (χ1n) is 5.20. The van der Waals surface area contributed by atoms with Crippen LogP contribution in [-0.4, -0.2) is 49.8 Å². The number of H-pyrrole nitrogens is 1. The SMILES string of the molecule is O=c1[nH]c(=O)n([C@@H]2O[C@H](CO)[C@@H](O)[C@@H]2O)c(F)c1I. The molecule has 1 aromatic rings. The highest BCUT2D eigenvalue weighted by atomic mass is 127. The van der Waals surface area contributed by atoms with E-state index in [0.717, 1.165) is 0 Å². The molecule has 2 rings (SSSR count). The second-order valence-electron chi connectivity index (χ2n) is 3.96. The van der Waals surface area contributed by atoms with Crippen molar-refractivity contribution >= 4 is 22.6 Å². The molecular weight excluding hydrogens is 378 g/mol. The molecule has 10 heteroatoms. The van der Waals surface area contributed by atoms with Gasteiger partial charge in [-0.15, -0.1) is 0 Å². The number of aromatic nitrogens is 2. The van der Waals surface area contributed by atoms with Crippen LogP contribution in [0.4, 0.5) is 4.39 Å². The lowest BCUT2D eigenvalue weighted by Gasteiger charge is -2.18. The summed E-state index contributed by atoms with van der Waals surface area (Å²) in [5.74, 6) is -1.18. The van der Waals surface area contributed by atoms with E-state index in [1.807, 2.05) is 4.98 Å². The van der Waals surface area contributed by atoms with Gasteiger partial charge in [-0.05, 0) is 22.6 Å². The summed E-state index contributed by atoms with van der Waals surface area (Å²) in [5.41, 5.74) is -2.01.